The Morgan fingerprint density at radius 1 is 1.45 bits per heavy atom. The fourth-order valence-electron chi connectivity index (χ4n) is 2.27. The first-order valence-corrected chi connectivity index (χ1v) is 7.06. The number of pyridine rings is 1. The van der Waals surface area contributed by atoms with Crippen molar-refractivity contribution in [1.29, 1.82) is 0 Å². The minimum absolute atomic E-state index is 0.0667. The molecule has 2 aromatic heterocycles. The van der Waals surface area contributed by atoms with Gasteiger partial charge >= 0.3 is 0 Å². The van der Waals surface area contributed by atoms with Gasteiger partial charge in [0.05, 0.1) is 17.3 Å². The van der Waals surface area contributed by atoms with Gasteiger partial charge in [-0.25, -0.2) is 0 Å². The van der Waals surface area contributed by atoms with Crippen LogP contribution in [0.15, 0.2) is 35.2 Å². The molecule has 2 aromatic rings. The maximum Gasteiger partial charge on any atom is 0.252 e. The second-order valence-corrected chi connectivity index (χ2v) is 5.38. The second-order valence-electron chi connectivity index (χ2n) is 4.53. The van der Waals surface area contributed by atoms with Gasteiger partial charge in [-0.05, 0) is 34.5 Å². The van der Waals surface area contributed by atoms with Gasteiger partial charge in [-0.2, -0.15) is 5.10 Å². The Morgan fingerprint density at radius 3 is 3.10 bits per heavy atom. The number of aromatic nitrogens is 3. The van der Waals surface area contributed by atoms with E-state index in [1.165, 1.54) is 0 Å². The van der Waals surface area contributed by atoms with Crippen molar-refractivity contribution >= 4 is 21.8 Å². The van der Waals surface area contributed by atoms with Gasteiger partial charge in [0.1, 0.15) is 6.10 Å². The number of halogens is 1. The molecule has 3 rings (SSSR count). The van der Waals surface area contributed by atoms with Crippen LogP contribution in [0, 0.1) is 0 Å². The summed E-state index contributed by atoms with van der Waals surface area (Å²) in [5.74, 6) is -0.140. The van der Waals surface area contributed by atoms with Crippen LogP contribution in [-0.2, 0) is 4.74 Å². The van der Waals surface area contributed by atoms with E-state index in [0.29, 0.717) is 16.6 Å². The van der Waals surface area contributed by atoms with E-state index in [-0.39, 0.29) is 18.1 Å². The molecule has 6 nitrogen and oxygen atoms in total. The molecule has 1 saturated heterocycles. The molecule has 1 aliphatic heterocycles. The number of H-pyrrole nitrogens is 1. The lowest BCUT2D eigenvalue weighted by Gasteiger charge is -2.18. The zero-order valence-electron chi connectivity index (χ0n) is 10.5. The number of carbonyl (C=O) groups is 1. The number of aromatic amines is 1. The molecular weight excluding hydrogens is 324 g/mol. The number of nitrogens with zero attached hydrogens (tertiary/aromatic N) is 2. The van der Waals surface area contributed by atoms with Crippen LogP contribution < -0.4 is 5.32 Å². The van der Waals surface area contributed by atoms with Gasteiger partial charge in [0.2, 0.25) is 0 Å². The third-order valence-electron chi connectivity index (χ3n) is 3.25. The maximum atomic E-state index is 12.3. The number of hydrogen-bond acceptors (Lipinski definition) is 4. The fraction of sp³-hybridized carbons (Fsp3) is 0.308. The summed E-state index contributed by atoms with van der Waals surface area (Å²) < 4.78 is 6.34. The molecule has 0 aromatic carbocycles. The zero-order valence-corrected chi connectivity index (χ0v) is 12.1. The lowest BCUT2D eigenvalue weighted by atomic mass is 10.1. The van der Waals surface area contributed by atoms with Crippen LogP contribution in [0.2, 0.25) is 0 Å². The quantitative estimate of drug-likeness (QED) is 0.896. The van der Waals surface area contributed by atoms with Gasteiger partial charge < -0.3 is 10.1 Å². The van der Waals surface area contributed by atoms with E-state index in [9.17, 15) is 4.79 Å². The Hall–Kier alpha value is -1.73. The van der Waals surface area contributed by atoms with Gasteiger partial charge in [0.25, 0.3) is 5.91 Å². The molecule has 0 aliphatic carbocycles. The monoisotopic (exact) mass is 336 g/mol. The Kier molecular flexibility index (Phi) is 3.79. The molecule has 1 amide bonds. The summed E-state index contributed by atoms with van der Waals surface area (Å²) in [6.45, 7) is 0.617. The van der Waals surface area contributed by atoms with Gasteiger partial charge in [-0.1, -0.05) is 0 Å². The number of carbonyl (C=O) groups excluding carboxylic acids is 1. The lowest BCUT2D eigenvalue weighted by Crippen LogP contribution is -2.37. The van der Waals surface area contributed by atoms with Crippen molar-refractivity contribution in [3.05, 3.63) is 46.5 Å². The molecule has 0 spiro atoms. The minimum atomic E-state index is -0.179. The van der Waals surface area contributed by atoms with Crippen LogP contribution >= 0.6 is 15.9 Å². The van der Waals surface area contributed by atoms with E-state index in [1.807, 2.05) is 6.07 Å². The zero-order chi connectivity index (χ0) is 13.9. The molecule has 0 radical (unpaired) electrons. The van der Waals surface area contributed by atoms with Gasteiger partial charge in [-0.15, -0.1) is 0 Å². The first kappa shape index (κ1) is 13.3. The summed E-state index contributed by atoms with van der Waals surface area (Å²) in [5, 5.41) is 9.81. The van der Waals surface area contributed by atoms with Crippen LogP contribution in [-0.4, -0.2) is 33.7 Å². The topological polar surface area (TPSA) is 79.9 Å². The van der Waals surface area contributed by atoms with E-state index < -0.39 is 0 Å². The normalized spacial score (nSPS) is 21.9. The van der Waals surface area contributed by atoms with E-state index in [4.69, 9.17) is 4.74 Å². The van der Waals surface area contributed by atoms with Crippen LogP contribution in [0.3, 0.4) is 0 Å². The van der Waals surface area contributed by atoms with Crippen molar-refractivity contribution < 1.29 is 9.53 Å². The summed E-state index contributed by atoms with van der Waals surface area (Å²) in [6.07, 6.45) is 5.47. The predicted molar refractivity (Wildman–Crippen MR) is 75.1 cm³/mol. The molecule has 20 heavy (non-hydrogen) atoms. The Balaban J connectivity index is 1.74. The minimum Gasteiger partial charge on any atom is -0.370 e. The summed E-state index contributed by atoms with van der Waals surface area (Å²) in [5.41, 5.74) is 1.44. The Morgan fingerprint density at radius 2 is 2.35 bits per heavy atom. The molecule has 0 bridgehead atoms. The van der Waals surface area contributed by atoms with Crippen molar-refractivity contribution in [3.8, 4) is 0 Å². The van der Waals surface area contributed by atoms with Crippen LogP contribution in [0.1, 0.15) is 28.6 Å². The van der Waals surface area contributed by atoms with Crippen LogP contribution in [0.5, 0.6) is 0 Å². The van der Waals surface area contributed by atoms with Gasteiger partial charge in [-0.3, -0.25) is 14.9 Å². The molecule has 1 fully saturated rings. The van der Waals surface area contributed by atoms with E-state index in [2.05, 4.69) is 36.4 Å². The molecule has 0 unspecified atom stereocenters. The highest BCUT2D eigenvalue weighted by Gasteiger charge is 2.32. The molecule has 7 heteroatoms. The van der Waals surface area contributed by atoms with E-state index in [0.717, 1.165) is 12.1 Å². The second kappa shape index (κ2) is 5.72. The first-order chi connectivity index (χ1) is 9.75. The number of amides is 1. The van der Waals surface area contributed by atoms with E-state index in [1.54, 1.807) is 24.7 Å². The standard InChI is InChI=1S/C13H13BrN4O2/c14-9-7-15-4-1-8(9)13(19)17-10-3-6-20-12(10)11-2-5-16-18-11/h1-2,4-5,7,10,12H,3,6H2,(H,16,18)(H,17,19)/t10-,12-/m1/s1. The molecule has 2 N–H and O–H groups in total. The molecule has 3 heterocycles. The average Bonchev–Trinajstić information content (AvgIpc) is 3.09. The molecular formula is C13H13BrN4O2. The van der Waals surface area contributed by atoms with E-state index >= 15 is 0 Å². The molecule has 104 valence electrons. The fourth-order valence-corrected chi connectivity index (χ4v) is 2.70. The van der Waals surface area contributed by atoms with Crippen molar-refractivity contribution in [2.24, 2.45) is 0 Å². The third-order valence-corrected chi connectivity index (χ3v) is 3.89. The molecule has 0 saturated carbocycles. The summed E-state index contributed by atoms with van der Waals surface area (Å²) in [7, 11) is 0. The van der Waals surface area contributed by atoms with Crippen molar-refractivity contribution in [1.82, 2.24) is 20.5 Å². The van der Waals surface area contributed by atoms with Gasteiger partial charge in [0.15, 0.2) is 0 Å². The number of ether oxygens (including phenoxy) is 1. The molecule has 2 atom stereocenters. The highest BCUT2D eigenvalue weighted by atomic mass is 79.9. The number of hydrogen-bond donors (Lipinski definition) is 2. The largest absolute Gasteiger partial charge is 0.370 e. The summed E-state index contributed by atoms with van der Waals surface area (Å²) in [6, 6.07) is 3.47. The van der Waals surface area contributed by atoms with Crippen molar-refractivity contribution in [2.45, 2.75) is 18.6 Å². The SMILES string of the molecule is O=C(N[C@@H]1CCO[C@H]1c1ccn[nH]1)c1ccncc1Br. The van der Waals surface area contributed by atoms with Crippen LogP contribution in [0.25, 0.3) is 0 Å². The smallest absolute Gasteiger partial charge is 0.252 e. The van der Waals surface area contributed by atoms with Crippen molar-refractivity contribution in [2.75, 3.05) is 6.61 Å². The Labute approximate surface area is 124 Å². The first-order valence-electron chi connectivity index (χ1n) is 6.27. The average molecular weight is 337 g/mol. The third kappa shape index (κ3) is 2.59. The summed E-state index contributed by atoms with van der Waals surface area (Å²) in [4.78, 5) is 16.2. The number of rotatable bonds is 3. The van der Waals surface area contributed by atoms with Crippen molar-refractivity contribution in [3.63, 3.8) is 0 Å². The predicted octanol–water partition coefficient (Wildman–Crippen LogP) is 1.83. The number of nitrogens with one attached hydrogen (secondary N) is 2. The maximum absolute atomic E-state index is 12.3. The molecule has 1 aliphatic rings. The summed E-state index contributed by atoms with van der Waals surface area (Å²) >= 11 is 3.33. The highest BCUT2D eigenvalue weighted by molar-refractivity contribution is 9.10. The lowest BCUT2D eigenvalue weighted by molar-refractivity contribution is 0.0807. The van der Waals surface area contributed by atoms with Crippen LogP contribution in [0.4, 0.5) is 0 Å². The van der Waals surface area contributed by atoms with Gasteiger partial charge in [0, 0.05) is 29.7 Å². The Bertz CT molecular complexity index is 602. The highest BCUT2D eigenvalue weighted by Crippen LogP contribution is 2.28.